The van der Waals surface area contributed by atoms with E-state index in [0.717, 1.165) is 17.0 Å². The number of rotatable bonds is 4. The number of hydrogen-bond acceptors (Lipinski definition) is 5. The van der Waals surface area contributed by atoms with E-state index < -0.39 is 11.9 Å². The van der Waals surface area contributed by atoms with Gasteiger partial charge in [0.25, 0.3) is 0 Å². The van der Waals surface area contributed by atoms with Gasteiger partial charge in [-0.2, -0.15) is 0 Å². The van der Waals surface area contributed by atoms with Crippen molar-refractivity contribution in [2.45, 2.75) is 13.8 Å². The van der Waals surface area contributed by atoms with Crippen molar-refractivity contribution >= 4 is 28.3 Å². The largest absolute Gasteiger partial charge is 0.463 e. The summed E-state index contributed by atoms with van der Waals surface area (Å²) in [5.74, 6) is -0.935. The Morgan fingerprint density at radius 2 is 2.31 bits per heavy atom. The highest BCUT2D eigenvalue weighted by atomic mass is 32.1. The van der Waals surface area contributed by atoms with E-state index in [4.69, 9.17) is 0 Å². The van der Waals surface area contributed by atoms with E-state index >= 15 is 0 Å². The monoisotopic (exact) mass is 240 g/mol. The van der Waals surface area contributed by atoms with Gasteiger partial charge < -0.3 is 4.74 Å². The van der Waals surface area contributed by atoms with Crippen molar-refractivity contribution in [2.24, 2.45) is 0 Å². The Kier molecular flexibility index (Phi) is 4.65. The second-order valence-corrected chi connectivity index (χ2v) is 4.09. The Morgan fingerprint density at radius 3 is 2.88 bits per heavy atom. The highest BCUT2D eigenvalue weighted by Crippen LogP contribution is 2.16. The van der Waals surface area contributed by atoms with E-state index in [9.17, 15) is 9.59 Å². The second-order valence-electron chi connectivity index (χ2n) is 2.85. The van der Waals surface area contributed by atoms with Crippen LogP contribution in [-0.4, -0.2) is 23.5 Å². The first kappa shape index (κ1) is 12.4. The lowest BCUT2D eigenvalue weighted by atomic mass is 10.5. The van der Waals surface area contributed by atoms with Crippen molar-refractivity contribution in [3.8, 4) is 0 Å². The van der Waals surface area contributed by atoms with E-state index in [1.54, 1.807) is 13.1 Å². The lowest BCUT2D eigenvalue weighted by Gasteiger charge is -1.96. The standard InChI is InChI=1S/C10H12N2O3S/c1-3-15-9(14)5-4-8(13)12-10-11-6-7(2)16-10/h4-6H,3H2,1-2H3,(H,11,12,13)/b5-4+. The lowest BCUT2D eigenvalue weighted by Crippen LogP contribution is -2.09. The molecule has 0 saturated heterocycles. The predicted octanol–water partition coefficient (Wildman–Crippen LogP) is 1.51. The number of anilines is 1. The highest BCUT2D eigenvalue weighted by Gasteiger charge is 2.02. The average Bonchev–Trinajstić information content (AvgIpc) is 2.61. The maximum Gasteiger partial charge on any atom is 0.330 e. The number of hydrogen-bond donors (Lipinski definition) is 1. The van der Waals surface area contributed by atoms with Crippen LogP contribution in [-0.2, 0) is 14.3 Å². The fourth-order valence-corrected chi connectivity index (χ4v) is 1.56. The van der Waals surface area contributed by atoms with Gasteiger partial charge in [0.2, 0.25) is 5.91 Å². The summed E-state index contributed by atoms with van der Waals surface area (Å²) in [6.45, 7) is 3.88. The molecule has 0 aliphatic carbocycles. The zero-order valence-corrected chi connectivity index (χ0v) is 9.84. The van der Waals surface area contributed by atoms with Gasteiger partial charge in [0.05, 0.1) is 6.61 Å². The van der Waals surface area contributed by atoms with E-state index in [2.05, 4.69) is 15.0 Å². The molecule has 0 atom stereocenters. The lowest BCUT2D eigenvalue weighted by molar-refractivity contribution is -0.137. The zero-order valence-electron chi connectivity index (χ0n) is 9.02. The second kappa shape index (κ2) is 6.02. The van der Waals surface area contributed by atoms with Crippen molar-refractivity contribution in [3.05, 3.63) is 23.2 Å². The molecule has 1 aromatic rings. The van der Waals surface area contributed by atoms with E-state index in [-0.39, 0.29) is 6.61 Å². The summed E-state index contributed by atoms with van der Waals surface area (Å²) in [5.41, 5.74) is 0. The number of amides is 1. The maximum absolute atomic E-state index is 11.3. The number of esters is 1. The van der Waals surface area contributed by atoms with Crippen molar-refractivity contribution in [2.75, 3.05) is 11.9 Å². The average molecular weight is 240 g/mol. The van der Waals surface area contributed by atoms with Crippen LogP contribution in [0.15, 0.2) is 18.3 Å². The number of nitrogens with one attached hydrogen (secondary N) is 1. The molecular weight excluding hydrogens is 228 g/mol. The molecule has 86 valence electrons. The molecule has 0 aliphatic heterocycles. The summed E-state index contributed by atoms with van der Waals surface area (Å²) in [5, 5.41) is 3.04. The van der Waals surface area contributed by atoms with Crippen molar-refractivity contribution in [3.63, 3.8) is 0 Å². The van der Waals surface area contributed by atoms with Crippen LogP contribution in [0.3, 0.4) is 0 Å². The quantitative estimate of drug-likeness (QED) is 0.639. The zero-order chi connectivity index (χ0) is 12.0. The summed E-state index contributed by atoms with van der Waals surface area (Å²) < 4.78 is 4.63. The van der Waals surface area contributed by atoms with Crippen molar-refractivity contribution < 1.29 is 14.3 Å². The van der Waals surface area contributed by atoms with Crippen molar-refractivity contribution in [1.82, 2.24) is 4.98 Å². The van der Waals surface area contributed by atoms with Gasteiger partial charge in [-0.25, -0.2) is 9.78 Å². The number of aryl methyl sites for hydroxylation is 1. The molecule has 6 heteroatoms. The van der Waals surface area contributed by atoms with Crippen LogP contribution in [0.4, 0.5) is 5.13 Å². The summed E-state index contributed by atoms with van der Waals surface area (Å²) in [7, 11) is 0. The number of nitrogens with zero attached hydrogens (tertiary/aromatic N) is 1. The summed E-state index contributed by atoms with van der Waals surface area (Å²) >= 11 is 1.37. The molecule has 0 radical (unpaired) electrons. The van der Waals surface area contributed by atoms with Gasteiger partial charge in [0, 0.05) is 23.2 Å². The Labute approximate surface area is 97.1 Å². The van der Waals surface area contributed by atoms with Crippen LogP contribution in [0.25, 0.3) is 0 Å². The fraction of sp³-hybridized carbons (Fsp3) is 0.300. The van der Waals surface area contributed by atoms with Crippen LogP contribution in [0.1, 0.15) is 11.8 Å². The minimum atomic E-state index is -0.534. The molecule has 0 fully saturated rings. The minimum Gasteiger partial charge on any atom is -0.463 e. The van der Waals surface area contributed by atoms with Crippen LogP contribution in [0, 0.1) is 6.92 Å². The van der Waals surface area contributed by atoms with Gasteiger partial charge in [-0.1, -0.05) is 0 Å². The summed E-state index contributed by atoms with van der Waals surface area (Å²) in [6.07, 6.45) is 3.86. The molecule has 1 N–H and O–H groups in total. The number of thiazole rings is 1. The Balaban J connectivity index is 2.44. The van der Waals surface area contributed by atoms with Crippen LogP contribution in [0.2, 0.25) is 0 Å². The number of aromatic nitrogens is 1. The van der Waals surface area contributed by atoms with Gasteiger partial charge in [0.15, 0.2) is 5.13 Å². The first-order chi connectivity index (χ1) is 7.61. The molecule has 0 spiro atoms. The molecule has 5 nitrogen and oxygen atoms in total. The predicted molar refractivity (Wildman–Crippen MR) is 61.3 cm³/mol. The molecule has 0 unspecified atom stereocenters. The fourth-order valence-electron chi connectivity index (χ4n) is 0.894. The highest BCUT2D eigenvalue weighted by molar-refractivity contribution is 7.15. The summed E-state index contributed by atoms with van der Waals surface area (Å²) in [6, 6.07) is 0. The molecule has 1 heterocycles. The van der Waals surface area contributed by atoms with Gasteiger partial charge >= 0.3 is 5.97 Å². The Bertz CT molecular complexity index is 412. The molecule has 0 bridgehead atoms. The third kappa shape index (κ3) is 4.22. The summed E-state index contributed by atoms with van der Waals surface area (Å²) in [4.78, 5) is 27.2. The molecule has 16 heavy (non-hydrogen) atoms. The minimum absolute atomic E-state index is 0.288. The number of carbonyl (C=O) groups is 2. The SMILES string of the molecule is CCOC(=O)/C=C/C(=O)Nc1ncc(C)s1. The Morgan fingerprint density at radius 1 is 1.56 bits per heavy atom. The van der Waals surface area contributed by atoms with Crippen molar-refractivity contribution in [1.29, 1.82) is 0 Å². The van der Waals surface area contributed by atoms with E-state index in [1.807, 2.05) is 6.92 Å². The third-order valence-electron chi connectivity index (χ3n) is 1.51. The molecular formula is C10H12N2O3S. The third-order valence-corrected chi connectivity index (χ3v) is 2.34. The molecule has 1 aromatic heterocycles. The topological polar surface area (TPSA) is 68.3 Å². The van der Waals surface area contributed by atoms with Crippen LogP contribution in [0.5, 0.6) is 0 Å². The normalized spacial score (nSPS) is 10.4. The molecule has 0 aliphatic rings. The molecule has 1 rings (SSSR count). The molecule has 0 aromatic carbocycles. The molecule has 0 saturated carbocycles. The van der Waals surface area contributed by atoms with Crippen LogP contribution >= 0.6 is 11.3 Å². The van der Waals surface area contributed by atoms with Gasteiger partial charge in [0.1, 0.15) is 0 Å². The van der Waals surface area contributed by atoms with Gasteiger partial charge in [-0.15, -0.1) is 11.3 Å². The maximum atomic E-state index is 11.3. The van der Waals surface area contributed by atoms with Gasteiger partial charge in [-0.05, 0) is 13.8 Å². The Hall–Kier alpha value is -1.69. The number of ether oxygens (including phenoxy) is 1. The van der Waals surface area contributed by atoms with Gasteiger partial charge in [-0.3, -0.25) is 10.1 Å². The first-order valence-electron chi connectivity index (χ1n) is 4.70. The van der Waals surface area contributed by atoms with E-state index in [0.29, 0.717) is 5.13 Å². The van der Waals surface area contributed by atoms with E-state index in [1.165, 1.54) is 11.3 Å². The number of carbonyl (C=O) groups excluding carboxylic acids is 2. The van der Waals surface area contributed by atoms with Crippen LogP contribution < -0.4 is 5.32 Å². The smallest absolute Gasteiger partial charge is 0.330 e. The molecule has 1 amide bonds. The first-order valence-corrected chi connectivity index (χ1v) is 5.51.